The fourth-order valence-electron chi connectivity index (χ4n) is 3.09. The second-order valence-corrected chi connectivity index (χ2v) is 6.51. The average molecular weight is 354 g/mol. The van der Waals surface area contributed by atoms with Gasteiger partial charge < -0.3 is 10.0 Å². The van der Waals surface area contributed by atoms with Gasteiger partial charge in [0.05, 0.1) is 4.92 Å². The number of benzene rings is 2. The number of nitrogens with zero attached hydrogens (tertiary/aromatic N) is 2. The van der Waals surface area contributed by atoms with E-state index in [-0.39, 0.29) is 18.1 Å². The Hall–Kier alpha value is -2.73. The van der Waals surface area contributed by atoms with Crippen LogP contribution >= 0.6 is 0 Å². The number of ketones is 1. The highest BCUT2D eigenvalue weighted by Crippen LogP contribution is 2.37. The zero-order chi connectivity index (χ0) is 18.5. The number of carbonyl (C=O) groups excluding carboxylic acids is 1. The summed E-state index contributed by atoms with van der Waals surface area (Å²) in [5, 5.41) is 20.6. The quantitative estimate of drug-likeness (QED) is 0.322. The van der Waals surface area contributed by atoms with Crippen LogP contribution in [-0.2, 0) is 0 Å². The van der Waals surface area contributed by atoms with Gasteiger partial charge in [0, 0.05) is 36.4 Å². The van der Waals surface area contributed by atoms with Crippen molar-refractivity contribution in [1.82, 2.24) is 0 Å². The fraction of sp³-hybridized carbons (Fsp3) is 0.350. The van der Waals surface area contributed by atoms with Gasteiger partial charge in [-0.1, -0.05) is 30.3 Å². The predicted molar refractivity (Wildman–Crippen MR) is 99.7 cm³/mol. The van der Waals surface area contributed by atoms with Crippen LogP contribution in [0.25, 0.3) is 0 Å². The van der Waals surface area contributed by atoms with Gasteiger partial charge in [-0.15, -0.1) is 0 Å². The molecular formula is C20H22N2O4. The molecule has 0 amide bonds. The third-order valence-electron chi connectivity index (χ3n) is 4.57. The SMILES string of the molecule is O=C(c1ccccc1)c1ccc(N(CCCCO)C2CC2)c([N+](=O)[O-])c1. The van der Waals surface area contributed by atoms with Crippen LogP contribution in [0.5, 0.6) is 0 Å². The van der Waals surface area contributed by atoms with Gasteiger partial charge in [0.15, 0.2) is 5.78 Å². The first kappa shape index (κ1) is 18.1. The molecule has 0 aromatic heterocycles. The number of aliphatic hydroxyl groups is 1. The largest absolute Gasteiger partial charge is 0.396 e. The summed E-state index contributed by atoms with van der Waals surface area (Å²) in [5.41, 5.74) is 1.34. The van der Waals surface area contributed by atoms with Crippen molar-refractivity contribution in [3.63, 3.8) is 0 Å². The van der Waals surface area contributed by atoms with Crippen LogP contribution in [0.2, 0.25) is 0 Å². The molecule has 6 heteroatoms. The highest BCUT2D eigenvalue weighted by molar-refractivity contribution is 6.09. The maximum absolute atomic E-state index is 12.6. The van der Waals surface area contributed by atoms with Crippen LogP contribution < -0.4 is 4.90 Å². The lowest BCUT2D eigenvalue weighted by Gasteiger charge is -2.24. The summed E-state index contributed by atoms with van der Waals surface area (Å²) in [7, 11) is 0. The van der Waals surface area contributed by atoms with Crippen molar-refractivity contribution in [1.29, 1.82) is 0 Å². The smallest absolute Gasteiger partial charge is 0.293 e. The summed E-state index contributed by atoms with van der Waals surface area (Å²) in [5.74, 6) is -0.224. The van der Waals surface area contributed by atoms with E-state index < -0.39 is 4.92 Å². The fourth-order valence-corrected chi connectivity index (χ4v) is 3.09. The molecular weight excluding hydrogens is 332 g/mol. The monoisotopic (exact) mass is 354 g/mol. The molecule has 0 unspecified atom stereocenters. The molecule has 0 bridgehead atoms. The zero-order valence-electron chi connectivity index (χ0n) is 14.5. The minimum Gasteiger partial charge on any atom is -0.396 e. The lowest BCUT2D eigenvalue weighted by molar-refractivity contribution is -0.384. The lowest BCUT2D eigenvalue weighted by Crippen LogP contribution is -2.27. The number of unbranched alkanes of at least 4 members (excludes halogenated alkanes) is 1. The second-order valence-electron chi connectivity index (χ2n) is 6.51. The van der Waals surface area contributed by atoms with E-state index in [0.29, 0.717) is 35.8 Å². The zero-order valence-corrected chi connectivity index (χ0v) is 14.5. The van der Waals surface area contributed by atoms with Gasteiger partial charge in [-0.25, -0.2) is 0 Å². The minimum atomic E-state index is -0.418. The van der Waals surface area contributed by atoms with Gasteiger partial charge in [-0.05, 0) is 37.8 Å². The molecule has 1 saturated carbocycles. The normalized spacial score (nSPS) is 13.4. The van der Waals surface area contributed by atoms with Gasteiger partial charge >= 0.3 is 0 Å². The van der Waals surface area contributed by atoms with Crippen molar-refractivity contribution >= 4 is 17.2 Å². The Labute approximate surface area is 152 Å². The molecule has 26 heavy (non-hydrogen) atoms. The average Bonchev–Trinajstić information content (AvgIpc) is 3.50. The molecule has 0 aliphatic heterocycles. The van der Waals surface area contributed by atoms with E-state index in [4.69, 9.17) is 5.11 Å². The van der Waals surface area contributed by atoms with Crippen LogP contribution in [0.3, 0.4) is 0 Å². The summed E-state index contributed by atoms with van der Waals surface area (Å²) in [6, 6.07) is 13.8. The highest BCUT2D eigenvalue weighted by atomic mass is 16.6. The number of aliphatic hydroxyl groups excluding tert-OH is 1. The molecule has 0 spiro atoms. The molecule has 1 fully saturated rings. The molecule has 1 aliphatic rings. The standard InChI is InChI=1S/C20H22N2O4/c23-13-5-4-12-21(17-9-10-17)18-11-8-16(14-19(18)22(25)26)20(24)15-6-2-1-3-7-15/h1-3,6-8,11,14,17,23H,4-5,9-10,12-13H2. The number of nitro benzene ring substituents is 1. The Morgan fingerprint density at radius 1 is 1.12 bits per heavy atom. The molecule has 6 nitrogen and oxygen atoms in total. The third-order valence-corrected chi connectivity index (χ3v) is 4.57. The molecule has 0 saturated heterocycles. The molecule has 0 radical (unpaired) electrons. The summed E-state index contributed by atoms with van der Waals surface area (Å²) in [6.45, 7) is 0.781. The summed E-state index contributed by atoms with van der Waals surface area (Å²) < 4.78 is 0. The number of hydrogen-bond donors (Lipinski definition) is 1. The van der Waals surface area contributed by atoms with Gasteiger partial charge in [0.2, 0.25) is 0 Å². The lowest BCUT2D eigenvalue weighted by atomic mass is 10.0. The topological polar surface area (TPSA) is 83.7 Å². The molecule has 0 heterocycles. The summed E-state index contributed by atoms with van der Waals surface area (Å²) in [6.07, 6.45) is 3.47. The number of rotatable bonds is 9. The first-order valence-corrected chi connectivity index (χ1v) is 8.87. The molecule has 1 aliphatic carbocycles. The molecule has 0 atom stereocenters. The number of carbonyl (C=O) groups is 1. The van der Waals surface area contributed by atoms with Crippen molar-refractivity contribution in [2.75, 3.05) is 18.1 Å². The van der Waals surface area contributed by atoms with E-state index in [1.165, 1.54) is 6.07 Å². The molecule has 1 N–H and O–H groups in total. The van der Waals surface area contributed by atoms with E-state index in [9.17, 15) is 14.9 Å². The molecule has 2 aromatic rings. The second kappa shape index (κ2) is 8.10. The van der Waals surface area contributed by atoms with Crippen LogP contribution in [0, 0.1) is 10.1 Å². The minimum absolute atomic E-state index is 0.0392. The molecule has 3 rings (SSSR count). The number of hydrogen-bond acceptors (Lipinski definition) is 5. The first-order valence-electron chi connectivity index (χ1n) is 8.87. The van der Waals surface area contributed by atoms with Crippen LogP contribution in [0.4, 0.5) is 11.4 Å². The van der Waals surface area contributed by atoms with Crippen molar-refractivity contribution < 1.29 is 14.8 Å². The third kappa shape index (κ3) is 4.08. The maximum atomic E-state index is 12.6. The van der Waals surface area contributed by atoms with Gasteiger partial charge in [-0.2, -0.15) is 0 Å². The van der Waals surface area contributed by atoms with Crippen LogP contribution in [-0.4, -0.2) is 35.0 Å². The van der Waals surface area contributed by atoms with E-state index in [1.807, 2.05) is 11.0 Å². The number of nitro groups is 1. The highest BCUT2D eigenvalue weighted by Gasteiger charge is 2.33. The Morgan fingerprint density at radius 3 is 2.46 bits per heavy atom. The van der Waals surface area contributed by atoms with E-state index in [1.54, 1.807) is 36.4 Å². The van der Waals surface area contributed by atoms with Crippen molar-refractivity contribution in [2.24, 2.45) is 0 Å². The maximum Gasteiger partial charge on any atom is 0.293 e. The van der Waals surface area contributed by atoms with Crippen LogP contribution in [0.15, 0.2) is 48.5 Å². The van der Waals surface area contributed by atoms with E-state index in [2.05, 4.69) is 0 Å². The first-order chi connectivity index (χ1) is 12.6. The Kier molecular flexibility index (Phi) is 5.63. The Morgan fingerprint density at radius 2 is 1.85 bits per heavy atom. The van der Waals surface area contributed by atoms with Gasteiger partial charge in [0.25, 0.3) is 5.69 Å². The van der Waals surface area contributed by atoms with Crippen molar-refractivity contribution in [3.8, 4) is 0 Å². The summed E-state index contributed by atoms with van der Waals surface area (Å²) >= 11 is 0. The van der Waals surface area contributed by atoms with Crippen molar-refractivity contribution in [2.45, 2.75) is 31.7 Å². The Bertz CT molecular complexity index is 788. The van der Waals surface area contributed by atoms with Crippen molar-refractivity contribution in [3.05, 3.63) is 69.8 Å². The Balaban J connectivity index is 1.91. The molecule has 2 aromatic carbocycles. The molecule has 136 valence electrons. The number of anilines is 1. The predicted octanol–water partition coefficient (Wildman–Crippen LogP) is 3.57. The van der Waals surface area contributed by atoms with Crippen LogP contribution in [0.1, 0.15) is 41.6 Å². The van der Waals surface area contributed by atoms with E-state index in [0.717, 1.165) is 19.3 Å². The summed E-state index contributed by atoms with van der Waals surface area (Å²) in [4.78, 5) is 25.9. The van der Waals surface area contributed by atoms with Gasteiger partial charge in [0.1, 0.15) is 5.69 Å². The van der Waals surface area contributed by atoms with Gasteiger partial charge in [-0.3, -0.25) is 14.9 Å². The van der Waals surface area contributed by atoms with E-state index >= 15 is 0 Å².